The molecular formula is C29H34N5+. The molecule has 0 saturated heterocycles. The molecule has 3 aromatic rings. The van der Waals surface area contributed by atoms with Gasteiger partial charge in [-0.15, -0.1) is 0 Å². The van der Waals surface area contributed by atoms with Crippen LogP contribution in [0.1, 0.15) is 28.9 Å². The summed E-state index contributed by atoms with van der Waals surface area (Å²) in [5.41, 5.74) is 12.5. The first kappa shape index (κ1) is 24.8. The van der Waals surface area contributed by atoms with E-state index >= 15 is 0 Å². The van der Waals surface area contributed by atoms with Crippen molar-refractivity contribution in [1.29, 1.82) is 5.26 Å². The highest BCUT2D eigenvalue weighted by Gasteiger charge is 2.07. The van der Waals surface area contributed by atoms with Crippen LogP contribution in [0.15, 0.2) is 66.7 Å². The Bertz CT molecular complexity index is 1150. The second-order valence-corrected chi connectivity index (χ2v) is 8.32. The second kappa shape index (κ2) is 12.4. The number of hydrogen-bond acceptors (Lipinski definition) is 4. The maximum Gasteiger partial charge on any atom is 0.205 e. The lowest BCUT2D eigenvalue weighted by atomic mass is 10.1. The Kier molecular flexibility index (Phi) is 9.02. The van der Waals surface area contributed by atoms with Gasteiger partial charge in [-0.3, -0.25) is 0 Å². The topological polar surface area (TPSA) is 60.2 Å². The fourth-order valence-electron chi connectivity index (χ4n) is 3.67. The quantitative estimate of drug-likeness (QED) is 0.457. The molecule has 1 heterocycles. The zero-order valence-electron chi connectivity index (χ0n) is 20.4. The zero-order chi connectivity index (χ0) is 24.3. The fourth-order valence-corrected chi connectivity index (χ4v) is 3.67. The van der Waals surface area contributed by atoms with Crippen molar-refractivity contribution in [3.05, 3.63) is 89.2 Å². The maximum atomic E-state index is 8.77. The number of likely N-dealkylation sites (N-methyl/N-ethyl adjacent to an activating group) is 1. The van der Waals surface area contributed by atoms with Gasteiger partial charge in [-0.2, -0.15) is 9.83 Å². The number of aromatic nitrogens is 1. The minimum atomic E-state index is 0.525. The molecule has 0 saturated carbocycles. The van der Waals surface area contributed by atoms with Crippen molar-refractivity contribution in [2.75, 3.05) is 43.5 Å². The Hall–Kier alpha value is -3.88. The molecule has 0 bridgehead atoms. The van der Waals surface area contributed by atoms with Crippen molar-refractivity contribution in [3.8, 4) is 6.07 Å². The third kappa shape index (κ3) is 6.81. The van der Waals surface area contributed by atoms with Crippen molar-refractivity contribution >= 4 is 35.7 Å². The number of nitrogens with zero attached hydrogens (tertiary/aromatic N) is 4. The molecule has 5 heteroatoms. The maximum absolute atomic E-state index is 8.77. The van der Waals surface area contributed by atoms with Crippen LogP contribution < -0.4 is 20.1 Å². The van der Waals surface area contributed by atoms with Gasteiger partial charge in [0.2, 0.25) is 11.4 Å². The summed E-state index contributed by atoms with van der Waals surface area (Å²) in [5.74, 6) is 0. The first-order chi connectivity index (χ1) is 16.5. The number of nitriles is 1. The average Bonchev–Trinajstić information content (AvgIpc) is 2.86. The largest absolute Gasteiger partial charge is 0.374 e. The molecule has 2 N–H and O–H groups in total. The zero-order valence-corrected chi connectivity index (χ0v) is 20.4. The highest BCUT2D eigenvalue weighted by Crippen LogP contribution is 2.17. The molecule has 5 nitrogen and oxygen atoms in total. The normalized spacial score (nSPS) is 11.1. The van der Waals surface area contributed by atoms with Gasteiger partial charge in [0, 0.05) is 69.4 Å². The van der Waals surface area contributed by atoms with Gasteiger partial charge in [0.1, 0.15) is 7.05 Å². The number of nitrogens with two attached hydrogens (primary N) is 1. The second-order valence-electron chi connectivity index (χ2n) is 8.32. The van der Waals surface area contributed by atoms with E-state index in [1.165, 1.54) is 5.69 Å². The lowest BCUT2D eigenvalue weighted by Crippen LogP contribution is -2.35. The molecule has 1 aromatic heterocycles. The van der Waals surface area contributed by atoms with E-state index in [1.807, 2.05) is 7.05 Å². The summed E-state index contributed by atoms with van der Waals surface area (Å²) in [6.07, 6.45) is 9.06. The molecule has 0 radical (unpaired) electrons. The molecule has 0 fully saturated rings. The summed E-state index contributed by atoms with van der Waals surface area (Å²) in [6.45, 7) is 2.22. The number of pyridine rings is 1. The van der Waals surface area contributed by atoms with Gasteiger partial charge in [-0.05, 0) is 53.6 Å². The molecule has 2 aromatic carbocycles. The summed E-state index contributed by atoms with van der Waals surface area (Å²) in [4.78, 5) is 4.25. The third-order valence-electron chi connectivity index (χ3n) is 5.89. The van der Waals surface area contributed by atoms with Crippen molar-refractivity contribution in [3.63, 3.8) is 0 Å². The summed E-state index contributed by atoms with van der Waals surface area (Å²) < 4.78 is 2.18. The Morgan fingerprint density at radius 3 is 1.68 bits per heavy atom. The Balaban J connectivity index is 1.69. The molecular weight excluding hydrogens is 418 g/mol. The van der Waals surface area contributed by atoms with Gasteiger partial charge in [0.15, 0.2) is 0 Å². The first-order valence-electron chi connectivity index (χ1n) is 11.6. The average molecular weight is 453 g/mol. The molecule has 34 heavy (non-hydrogen) atoms. The number of hydrogen-bond donors (Lipinski definition) is 1. The summed E-state index contributed by atoms with van der Waals surface area (Å²) in [7, 11) is 6.15. The molecule has 0 atom stereocenters. The Labute approximate surface area is 203 Å². The molecule has 0 aliphatic heterocycles. The van der Waals surface area contributed by atoms with Crippen LogP contribution in [-0.2, 0) is 7.05 Å². The Morgan fingerprint density at radius 1 is 0.765 bits per heavy atom. The SMILES string of the molecule is CN(CCN)c1ccc(/C=C/c2cccc(/C=C/c3ccc(N(C)CCC#N)cc3)[n+]2C)cc1. The van der Waals surface area contributed by atoms with E-state index in [0.717, 1.165) is 41.3 Å². The number of benzene rings is 2. The van der Waals surface area contributed by atoms with Crippen LogP contribution in [0.25, 0.3) is 24.3 Å². The fraction of sp³-hybridized carbons (Fsp3) is 0.241. The van der Waals surface area contributed by atoms with Gasteiger partial charge < -0.3 is 15.5 Å². The van der Waals surface area contributed by atoms with Crippen LogP contribution in [0.2, 0.25) is 0 Å². The lowest BCUT2D eigenvalue weighted by Gasteiger charge is -2.18. The third-order valence-corrected chi connectivity index (χ3v) is 5.89. The number of anilines is 2. The Morgan fingerprint density at radius 2 is 1.24 bits per heavy atom. The van der Waals surface area contributed by atoms with E-state index in [2.05, 4.69) is 126 Å². The van der Waals surface area contributed by atoms with Crippen LogP contribution in [0.3, 0.4) is 0 Å². The predicted molar refractivity (Wildman–Crippen MR) is 144 cm³/mol. The minimum Gasteiger partial charge on any atom is -0.374 e. The van der Waals surface area contributed by atoms with E-state index in [-0.39, 0.29) is 0 Å². The van der Waals surface area contributed by atoms with Crippen LogP contribution in [-0.4, -0.2) is 33.7 Å². The molecule has 0 unspecified atom stereocenters. The van der Waals surface area contributed by atoms with Gasteiger partial charge >= 0.3 is 0 Å². The van der Waals surface area contributed by atoms with Crippen molar-refractivity contribution in [1.82, 2.24) is 0 Å². The predicted octanol–water partition coefficient (Wildman–Crippen LogP) is 4.60. The van der Waals surface area contributed by atoms with Crippen LogP contribution >= 0.6 is 0 Å². The van der Waals surface area contributed by atoms with Crippen molar-refractivity contribution in [2.24, 2.45) is 12.8 Å². The van der Waals surface area contributed by atoms with E-state index in [9.17, 15) is 0 Å². The summed E-state index contributed by atoms with van der Waals surface area (Å²) in [5, 5.41) is 8.77. The molecule has 174 valence electrons. The van der Waals surface area contributed by atoms with E-state index in [1.54, 1.807) is 0 Å². The lowest BCUT2D eigenvalue weighted by molar-refractivity contribution is -0.675. The van der Waals surface area contributed by atoms with E-state index in [4.69, 9.17) is 11.0 Å². The molecule has 3 rings (SSSR count). The summed E-state index contributed by atoms with van der Waals surface area (Å²) >= 11 is 0. The van der Waals surface area contributed by atoms with Gasteiger partial charge in [-0.1, -0.05) is 24.3 Å². The van der Waals surface area contributed by atoms with Gasteiger partial charge in [0.05, 0.1) is 12.5 Å². The summed E-state index contributed by atoms with van der Waals surface area (Å²) in [6, 6.07) is 25.4. The molecule has 0 spiro atoms. The van der Waals surface area contributed by atoms with Gasteiger partial charge in [-0.25, -0.2) is 0 Å². The highest BCUT2D eigenvalue weighted by molar-refractivity contribution is 5.70. The first-order valence-corrected chi connectivity index (χ1v) is 11.6. The van der Waals surface area contributed by atoms with Crippen LogP contribution in [0.5, 0.6) is 0 Å². The van der Waals surface area contributed by atoms with Crippen molar-refractivity contribution < 1.29 is 4.57 Å². The van der Waals surface area contributed by atoms with Crippen LogP contribution in [0.4, 0.5) is 11.4 Å². The standard InChI is InChI=1S/C29H34N5/c1-32(22-5-20-30)26-14-8-24(9-15-26)12-18-28-6-4-7-29(34(28)3)19-13-25-10-16-27(17-11-25)33(2)23-21-31/h4,6-19H,5,21-23,31H2,1-3H3/q+1. The molecule has 0 aliphatic carbocycles. The number of rotatable bonds is 10. The van der Waals surface area contributed by atoms with Gasteiger partial charge in [0.25, 0.3) is 0 Å². The monoisotopic (exact) mass is 452 g/mol. The van der Waals surface area contributed by atoms with E-state index < -0.39 is 0 Å². The van der Waals surface area contributed by atoms with E-state index in [0.29, 0.717) is 13.0 Å². The highest BCUT2D eigenvalue weighted by atomic mass is 15.1. The molecule has 0 aliphatic rings. The van der Waals surface area contributed by atoms with Crippen LogP contribution in [0, 0.1) is 11.3 Å². The minimum absolute atomic E-state index is 0.525. The smallest absolute Gasteiger partial charge is 0.205 e. The van der Waals surface area contributed by atoms with Crippen molar-refractivity contribution in [2.45, 2.75) is 6.42 Å². The molecule has 0 amide bonds.